The highest BCUT2D eigenvalue weighted by molar-refractivity contribution is 7.11. The molecule has 84 valence electrons. The fourth-order valence-corrected chi connectivity index (χ4v) is 1.98. The number of aromatic nitrogens is 1. The Morgan fingerprint density at radius 2 is 2.31 bits per heavy atom. The molecule has 0 aliphatic carbocycles. The standard InChI is InChI=1S/C11H12N2O2S/c1-2-7-6-16-11(13-7)15-9-5-3-4-8(14)10(9)12/h3-6,14H,2,12H2,1H3. The number of aromatic hydroxyl groups is 1. The maximum atomic E-state index is 9.41. The van der Waals surface area contributed by atoms with Crippen LogP contribution >= 0.6 is 11.3 Å². The number of nitrogens with zero attached hydrogens (tertiary/aromatic N) is 1. The van der Waals surface area contributed by atoms with E-state index in [2.05, 4.69) is 4.98 Å². The lowest BCUT2D eigenvalue weighted by Gasteiger charge is -2.06. The minimum absolute atomic E-state index is 0.0183. The molecule has 3 N–H and O–H groups in total. The van der Waals surface area contributed by atoms with E-state index in [0.717, 1.165) is 12.1 Å². The number of nitrogens with two attached hydrogens (primary N) is 1. The number of thiazole rings is 1. The summed E-state index contributed by atoms with van der Waals surface area (Å²) in [4.78, 5) is 4.25. The van der Waals surface area contributed by atoms with E-state index in [4.69, 9.17) is 10.5 Å². The van der Waals surface area contributed by atoms with E-state index in [1.807, 2.05) is 12.3 Å². The summed E-state index contributed by atoms with van der Waals surface area (Å²) in [5.74, 6) is 0.446. The second kappa shape index (κ2) is 4.40. The van der Waals surface area contributed by atoms with Crippen molar-refractivity contribution in [1.82, 2.24) is 4.98 Å². The molecule has 0 atom stereocenters. The summed E-state index contributed by atoms with van der Waals surface area (Å²) in [6.07, 6.45) is 0.870. The van der Waals surface area contributed by atoms with Crippen molar-refractivity contribution in [2.24, 2.45) is 0 Å². The molecule has 0 aliphatic rings. The average Bonchev–Trinajstić information content (AvgIpc) is 2.73. The van der Waals surface area contributed by atoms with Crippen LogP contribution in [0.15, 0.2) is 23.6 Å². The topological polar surface area (TPSA) is 68.4 Å². The van der Waals surface area contributed by atoms with Crippen LogP contribution < -0.4 is 10.5 Å². The van der Waals surface area contributed by atoms with E-state index in [0.29, 0.717) is 10.9 Å². The summed E-state index contributed by atoms with van der Waals surface area (Å²) in [5.41, 5.74) is 6.89. The predicted octanol–water partition coefficient (Wildman–Crippen LogP) is 2.79. The van der Waals surface area contributed by atoms with Crippen molar-refractivity contribution in [1.29, 1.82) is 0 Å². The molecular weight excluding hydrogens is 224 g/mol. The molecule has 2 rings (SSSR count). The van der Waals surface area contributed by atoms with E-state index in [1.165, 1.54) is 17.4 Å². The van der Waals surface area contributed by atoms with Gasteiger partial charge in [0.15, 0.2) is 5.75 Å². The molecule has 1 heterocycles. The third-order valence-electron chi connectivity index (χ3n) is 2.13. The lowest BCUT2D eigenvalue weighted by Crippen LogP contribution is -1.92. The van der Waals surface area contributed by atoms with Gasteiger partial charge in [-0.05, 0) is 18.6 Å². The highest BCUT2D eigenvalue weighted by Gasteiger charge is 2.08. The van der Waals surface area contributed by atoms with Gasteiger partial charge in [-0.3, -0.25) is 0 Å². The quantitative estimate of drug-likeness (QED) is 0.635. The molecule has 0 amide bonds. The average molecular weight is 236 g/mol. The van der Waals surface area contributed by atoms with E-state index in [1.54, 1.807) is 12.1 Å². The summed E-state index contributed by atoms with van der Waals surface area (Å²) in [6.45, 7) is 2.03. The van der Waals surface area contributed by atoms with Gasteiger partial charge in [0.25, 0.3) is 5.19 Å². The van der Waals surface area contributed by atoms with Crippen molar-refractivity contribution in [3.8, 4) is 16.7 Å². The smallest absolute Gasteiger partial charge is 0.278 e. The molecule has 0 radical (unpaired) electrons. The van der Waals surface area contributed by atoms with Gasteiger partial charge in [0.05, 0.1) is 5.69 Å². The van der Waals surface area contributed by atoms with E-state index >= 15 is 0 Å². The lowest BCUT2D eigenvalue weighted by atomic mass is 10.3. The van der Waals surface area contributed by atoms with Crippen LogP contribution in [0.4, 0.5) is 5.69 Å². The third-order valence-corrected chi connectivity index (χ3v) is 2.90. The highest BCUT2D eigenvalue weighted by Crippen LogP contribution is 2.34. The van der Waals surface area contributed by atoms with Gasteiger partial charge in [0.2, 0.25) is 0 Å². The SMILES string of the molecule is CCc1csc(Oc2cccc(O)c2N)n1. The summed E-state index contributed by atoms with van der Waals surface area (Å²) >= 11 is 1.41. The number of hydrogen-bond donors (Lipinski definition) is 2. The molecule has 0 fully saturated rings. The molecule has 0 spiro atoms. The first-order valence-electron chi connectivity index (χ1n) is 4.90. The minimum atomic E-state index is 0.0183. The fraction of sp³-hybridized carbons (Fsp3) is 0.182. The summed E-state index contributed by atoms with van der Waals surface area (Å²) < 4.78 is 5.49. The minimum Gasteiger partial charge on any atom is -0.506 e. The molecule has 1 aromatic carbocycles. The zero-order valence-electron chi connectivity index (χ0n) is 8.80. The van der Waals surface area contributed by atoms with Crippen LogP contribution in [0.1, 0.15) is 12.6 Å². The van der Waals surface area contributed by atoms with Gasteiger partial charge in [-0.1, -0.05) is 24.3 Å². The molecule has 2 aromatic rings. The predicted molar refractivity (Wildman–Crippen MR) is 64.1 cm³/mol. The zero-order chi connectivity index (χ0) is 11.5. The Kier molecular flexibility index (Phi) is 2.96. The Morgan fingerprint density at radius 3 is 3.00 bits per heavy atom. The van der Waals surface area contributed by atoms with Crippen LogP contribution in [0.2, 0.25) is 0 Å². The first-order chi connectivity index (χ1) is 7.70. The molecule has 0 unspecified atom stereocenters. The van der Waals surface area contributed by atoms with Crippen LogP contribution in [0.25, 0.3) is 0 Å². The van der Waals surface area contributed by atoms with Crippen LogP contribution in [0, 0.1) is 0 Å². The molecule has 0 aliphatic heterocycles. The number of aryl methyl sites for hydroxylation is 1. The molecule has 5 heteroatoms. The second-order valence-electron chi connectivity index (χ2n) is 3.25. The molecule has 4 nitrogen and oxygen atoms in total. The number of para-hydroxylation sites is 1. The second-order valence-corrected chi connectivity index (χ2v) is 4.07. The number of ether oxygens (including phenoxy) is 1. The van der Waals surface area contributed by atoms with E-state index < -0.39 is 0 Å². The Bertz CT molecular complexity index is 496. The van der Waals surface area contributed by atoms with Crippen molar-refractivity contribution in [3.63, 3.8) is 0 Å². The van der Waals surface area contributed by atoms with Gasteiger partial charge in [0.1, 0.15) is 11.4 Å². The van der Waals surface area contributed by atoms with E-state index in [-0.39, 0.29) is 11.4 Å². The zero-order valence-corrected chi connectivity index (χ0v) is 9.62. The third kappa shape index (κ3) is 2.09. The Morgan fingerprint density at radius 1 is 1.50 bits per heavy atom. The number of benzene rings is 1. The van der Waals surface area contributed by atoms with Crippen molar-refractivity contribution in [2.45, 2.75) is 13.3 Å². The van der Waals surface area contributed by atoms with Crippen LogP contribution in [-0.4, -0.2) is 10.1 Å². The van der Waals surface area contributed by atoms with Gasteiger partial charge in [0, 0.05) is 5.38 Å². The van der Waals surface area contributed by atoms with E-state index in [9.17, 15) is 5.11 Å². The van der Waals surface area contributed by atoms with Gasteiger partial charge >= 0.3 is 0 Å². The normalized spacial score (nSPS) is 10.3. The van der Waals surface area contributed by atoms with Crippen molar-refractivity contribution >= 4 is 17.0 Å². The molecule has 1 aromatic heterocycles. The van der Waals surface area contributed by atoms with Crippen LogP contribution in [0.5, 0.6) is 16.7 Å². The largest absolute Gasteiger partial charge is 0.506 e. The summed E-state index contributed by atoms with van der Waals surface area (Å²) in [6, 6.07) is 4.89. The summed E-state index contributed by atoms with van der Waals surface area (Å²) in [7, 11) is 0. The number of phenols is 1. The number of rotatable bonds is 3. The van der Waals surface area contributed by atoms with Gasteiger partial charge in [-0.2, -0.15) is 0 Å². The Hall–Kier alpha value is -1.75. The maximum absolute atomic E-state index is 9.41. The van der Waals surface area contributed by atoms with Gasteiger partial charge < -0.3 is 15.6 Å². The van der Waals surface area contributed by atoms with Gasteiger partial charge in [-0.25, -0.2) is 4.98 Å². The number of anilines is 1. The van der Waals surface area contributed by atoms with Crippen molar-refractivity contribution in [2.75, 3.05) is 5.73 Å². The lowest BCUT2D eigenvalue weighted by molar-refractivity contribution is 0.457. The molecule has 16 heavy (non-hydrogen) atoms. The monoisotopic (exact) mass is 236 g/mol. The van der Waals surface area contributed by atoms with Gasteiger partial charge in [-0.15, -0.1) is 0 Å². The number of nitrogen functional groups attached to an aromatic ring is 1. The van der Waals surface area contributed by atoms with Crippen LogP contribution in [0.3, 0.4) is 0 Å². The maximum Gasteiger partial charge on any atom is 0.278 e. The Balaban J connectivity index is 2.23. The van der Waals surface area contributed by atoms with Crippen molar-refractivity contribution in [3.05, 3.63) is 29.3 Å². The number of phenolic OH excluding ortho intramolecular Hbond substituents is 1. The highest BCUT2D eigenvalue weighted by atomic mass is 32.1. The molecule has 0 saturated heterocycles. The molecule has 0 saturated carbocycles. The molecule has 0 bridgehead atoms. The molecular formula is C11H12N2O2S. The van der Waals surface area contributed by atoms with Crippen molar-refractivity contribution < 1.29 is 9.84 Å². The first kappa shape index (κ1) is 10.8. The summed E-state index contributed by atoms with van der Waals surface area (Å²) in [5, 5.41) is 11.9. The number of hydrogen-bond acceptors (Lipinski definition) is 5. The van der Waals surface area contributed by atoms with Crippen LogP contribution in [-0.2, 0) is 6.42 Å². The first-order valence-corrected chi connectivity index (χ1v) is 5.78. The Labute approximate surface area is 97.3 Å². The fourth-order valence-electron chi connectivity index (χ4n) is 1.21.